The van der Waals surface area contributed by atoms with E-state index >= 15 is 0 Å². The summed E-state index contributed by atoms with van der Waals surface area (Å²) in [6.45, 7) is 2.73. The second-order valence-corrected chi connectivity index (χ2v) is 6.44. The molecule has 0 spiro atoms. The van der Waals surface area contributed by atoms with Gasteiger partial charge in [-0.15, -0.1) is 0 Å². The maximum atomic E-state index is 13.1. The van der Waals surface area contributed by atoms with Crippen LogP contribution >= 0.6 is 0 Å². The van der Waals surface area contributed by atoms with E-state index in [4.69, 9.17) is 9.15 Å². The van der Waals surface area contributed by atoms with Crippen molar-refractivity contribution in [1.29, 1.82) is 0 Å². The maximum Gasteiger partial charge on any atom is 0.287 e. The number of quaternary nitrogens is 1. The largest absolute Gasteiger partial charge is 0.495 e. The number of anilines is 1. The standard InChI is InChI=1S/C22H24N2O3/c1-16-10-11-20(26-2)19(15-16)24-22(25)21(17-7-4-3-5-8-17)23-13-12-18-9-6-14-27-18/h3-11,14-15,21,23H,12-13H2,1-2H3,(H,24,25)/p+1/t21-/m0/s1. The van der Waals surface area contributed by atoms with E-state index in [9.17, 15) is 4.79 Å². The molecule has 0 aliphatic carbocycles. The minimum absolute atomic E-state index is 0.0791. The quantitative estimate of drug-likeness (QED) is 0.645. The summed E-state index contributed by atoms with van der Waals surface area (Å²) >= 11 is 0. The van der Waals surface area contributed by atoms with Gasteiger partial charge in [0.2, 0.25) is 0 Å². The Morgan fingerprint density at radius 2 is 1.96 bits per heavy atom. The van der Waals surface area contributed by atoms with Gasteiger partial charge in [-0.3, -0.25) is 4.79 Å². The van der Waals surface area contributed by atoms with Crippen LogP contribution in [0.2, 0.25) is 0 Å². The van der Waals surface area contributed by atoms with Gasteiger partial charge < -0.3 is 19.8 Å². The third-order valence-electron chi connectivity index (χ3n) is 4.43. The molecular formula is C22H25N2O3+. The van der Waals surface area contributed by atoms with Crippen LogP contribution in [0.1, 0.15) is 22.9 Å². The van der Waals surface area contributed by atoms with Crippen molar-refractivity contribution in [2.75, 3.05) is 19.0 Å². The number of methoxy groups -OCH3 is 1. The highest BCUT2D eigenvalue weighted by atomic mass is 16.5. The molecule has 0 bridgehead atoms. The number of carbonyl (C=O) groups excluding carboxylic acids is 1. The summed E-state index contributed by atoms with van der Waals surface area (Å²) in [7, 11) is 1.60. The summed E-state index contributed by atoms with van der Waals surface area (Å²) in [6, 6.07) is 19.0. The Morgan fingerprint density at radius 1 is 1.15 bits per heavy atom. The fourth-order valence-corrected chi connectivity index (χ4v) is 3.03. The van der Waals surface area contributed by atoms with E-state index < -0.39 is 0 Å². The van der Waals surface area contributed by atoms with E-state index in [1.54, 1.807) is 13.4 Å². The minimum atomic E-state index is -0.355. The molecule has 0 saturated carbocycles. The van der Waals surface area contributed by atoms with Gasteiger partial charge in [0.15, 0.2) is 6.04 Å². The average molecular weight is 365 g/mol. The number of amides is 1. The summed E-state index contributed by atoms with van der Waals surface area (Å²) in [6.07, 6.45) is 2.43. The Morgan fingerprint density at radius 3 is 2.67 bits per heavy atom. The fraction of sp³-hybridized carbons (Fsp3) is 0.227. The summed E-state index contributed by atoms with van der Waals surface area (Å²) in [5.41, 5.74) is 2.70. The van der Waals surface area contributed by atoms with Crippen LogP contribution in [0.15, 0.2) is 71.3 Å². The highest BCUT2D eigenvalue weighted by Gasteiger charge is 2.25. The van der Waals surface area contributed by atoms with E-state index in [0.29, 0.717) is 11.4 Å². The lowest BCUT2D eigenvalue weighted by atomic mass is 10.1. The van der Waals surface area contributed by atoms with Gasteiger partial charge in [0.05, 0.1) is 32.0 Å². The number of hydrogen-bond donors (Lipinski definition) is 2. The summed E-state index contributed by atoms with van der Waals surface area (Å²) in [4.78, 5) is 13.1. The van der Waals surface area contributed by atoms with Gasteiger partial charge >= 0.3 is 0 Å². The molecule has 5 nitrogen and oxygen atoms in total. The molecule has 0 aliphatic rings. The Bertz CT molecular complexity index is 861. The van der Waals surface area contributed by atoms with Crippen LogP contribution in [-0.2, 0) is 11.2 Å². The van der Waals surface area contributed by atoms with E-state index in [2.05, 4.69) is 5.32 Å². The molecule has 140 valence electrons. The number of carbonyl (C=O) groups is 1. The Balaban J connectivity index is 1.75. The lowest BCUT2D eigenvalue weighted by Gasteiger charge is -2.17. The zero-order chi connectivity index (χ0) is 19.1. The topological polar surface area (TPSA) is 68.1 Å². The Kier molecular flexibility index (Phi) is 6.28. The van der Waals surface area contributed by atoms with Crippen molar-refractivity contribution in [1.82, 2.24) is 0 Å². The molecule has 0 radical (unpaired) electrons. The van der Waals surface area contributed by atoms with Gasteiger partial charge in [0, 0.05) is 5.56 Å². The third kappa shape index (κ3) is 4.99. The second kappa shape index (κ2) is 9.05. The van der Waals surface area contributed by atoms with Crippen molar-refractivity contribution in [3.8, 4) is 5.75 Å². The molecule has 5 heteroatoms. The predicted octanol–water partition coefficient (Wildman–Crippen LogP) is 3.08. The van der Waals surface area contributed by atoms with Crippen LogP contribution < -0.4 is 15.4 Å². The van der Waals surface area contributed by atoms with Crippen LogP contribution in [0.25, 0.3) is 0 Å². The molecule has 1 aromatic heterocycles. The van der Waals surface area contributed by atoms with Crippen LogP contribution in [0.5, 0.6) is 5.75 Å². The molecule has 1 atom stereocenters. The molecule has 27 heavy (non-hydrogen) atoms. The first-order valence-electron chi connectivity index (χ1n) is 9.03. The van der Waals surface area contributed by atoms with Crippen molar-refractivity contribution < 1.29 is 19.3 Å². The number of hydrogen-bond acceptors (Lipinski definition) is 3. The summed E-state index contributed by atoms with van der Waals surface area (Å²) < 4.78 is 10.8. The molecule has 3 aromatic rings. The lowest BCUT2D eigenvalue weighted by Crippen LogP contribution is -2.87. The van der Waals surface area contributed by atoms with Gasteiger partial charge in [-0.25, -0.2) is 0 Å². The number of nitrogens with two attached hydrogens (primary N) is 1. The normalized spacial score (nSPS) is 11.8. The number of benzene rings is 2. The molecule has 0 saturated heterocycles. The molecule has 3 rings (SSSR count). The van der Waals surface area contributed by atoms with E-state index in [0.717, 1.165) is 29.9 Å². The molecule has 3 N–H and O–H groups in total. The van der Waals surface area contributed by atoms with Gasteiger partial charge in [0.1, 0.15) is 11.5 Å². The van der Waals surface area contributed by atoms with Crippen LogP contribution in [0, 0.1) is 6.92 Å². The van der Waals surface area contributed by atoms with E-state index in [-0.39, 0.29) is 11.9 Å². The van der Waals surface area contributed by atoms with Crippen molar-refractivity contribution in [3.63, 3.8) is 0 Å². The second-order valence-electron chi connectivity index (χ2n) is 6.44. The first-order valence-corrected chi connectivity index (χ1v) is 9.03. The monoisotopic (exact) mass is 365 g/mol. The number of rotatable bonds is 8. The fourth-order valence-electron chi connectivity index (χ4n) is 3.03. The third-order valence-corrected chi connectivity index (χ3v) is 4.43. The Hall–Kier alpha value is -3.05. The maximum absolute atomic E-state index is 13.1. The van der Waals surface area contributed by atoms with Crippen molar-refractivity contribution >= 4 is 11.6 Å². The first kappa shape index (κ1) is 18.7. The zero-order valence-electron chi connectivity index (χ0n) is 15.6. The van der Waals surface area contributed by atoms with Gasteiger partial charge in [-0.1, -0.05) is 36.4 Å². The number of nitrogens with one attached hydrogen (secondary N) is 1. The van der Waals surface area contributed by atoms with Crippen LogP contribution in [-0.4, -0.2) is 19.6 Å². The Labute approximate surface area is 159 Å². The lowest BCUT2D eigenvalue weighted by molar-refractivity contribution is -0.682. The van der Waals surface area contributed by atoms with Crippen molar-refractivity contribution in [2.24, 2.45) is 0 Å². The first-order chi connectivity index (χ1) is 13.2. The SMILES string of the molecule is COc1ccc(C)cc1NC(=O)[C@@H]([NH2+]CCc1ccco1)c1ccccc1. The molecular weight excluding hydrogens is 340 g/mol. The van der Waals surface area contributed by atoms with Crippen molar-refractivity contribution in [2.45, 2.75) is 19.4 Å². The molecule has 0 unspecified atom stereocenters. The van der Waals surface area contributed by atoms with Crippen LogP contribution in [0.4, 0.5) is 5.69 Å². The van der Waals surface area contributed by atoms with Crippen LogP contribution in [0.3, 0.4) is 0 Å². The van der Waals surface area contributed by atoms with E-state index in [1.807, 2.05) is 72.9 Å². The zero-order valence-corrected chi connectivity index (χ0v) is 15.6. The number of ether oxygens (including phenoxy) is 1. The number of furan rings is 1. The smallest absolute Gasteiger partial charge is 0.287 e. The summed E-state index contributed by atoms with van der Waals surface area (Å²) in [5, 5.41) is 5.06. The minimum Gasteiger partial charge on any atom is -0.495 e. The molecule has 0 fully saturated rings. The van der Waals surface area contributed by atoms with Gasteiger partial charge in [0.25, 0.3) is 5.91 Å². The number of aryl methyl sites for hydroxylation is 1. The highest BCUT2D eigenvalue weighted by molar-refractivity contribution is 5.95. The predicted molar refractivity (Wildman–Crippen MR) is 105 cm³/mol. The molecule has 1 heterocycles. The molecule has 1 amide bonds. The summed E-state index contributed by atoms with van der Waals surface area (Å²) in [5.74, 6) is 1.49. The molecule has 0 aliphatic heterocycles. The van der Waals surface area contributed by atoms with Gasteiger partial charge in [-0.05, 0) is 36.8 Å². The average Bonchev–Trinajstić information content (AvgIpc) is 3.19. The van der Waals surface area contributed by atoms with E-state index in [1.165, 1.54) is 0 Å². The molecule has 2 aromatic carbocycles. The van der Waals surface area contributed by atoms with Gasteiger partial charge in [-0.2, -0.15) is 0 Å². The highest BCUT2D eigenvalue weighted by Crippen LogP contribution is 2.26. The van der Waals surface area contributed by atoms with Crippen molar-refractivity contribution in [3.05, 3.63) is 83.8 Å².